The van der Waals surface area contributed by atoms with Gasteiger partial charge in [0.05, 0.1) is 35.4 Å². The van der Waals surface area contributed by atoms with Gasteiger partial charge in [-0.05, 0) is 37.1 Å². The monoisotopic (exact) mass is 431 g/mol. The fourth-order valence-electron chi connectivity index (χ4n) is 3.93. The average molecular weight is 432 g/mol. The summed E-state index contributed by atoms with van der Waals surface area (Å²) in [7, 11) is -3.50. The zero-order valence-corrected chi connectivity index (χ0v) is 17.1. The van der Waals surface area contributed by atoms with Gasteiger partial charge in [0.25, 0.3) is 0 Å². The molecule has 10 heteroatoms. The summed E-state index contributed by atoms with van der Waals surface area (Å²) in [5.41, 5.74) is 2.31. The quantitative estimate of drug-likeness (QED) is 0.532. The van der Waals surface area contributed by atoms with Crippen molar-refractivity contribution in [2.45, 2.75) is 36.6 Å². The van der Waals surface area contributed by atoms with Gasteiger partial charge in [-0.15, -0.1) is 0 Å². The second-order valence-corrected chi connectivity index (χ2v) is 9.81. The molecule has 1 aromatic carbocycles. The van der Waals surface area contributed by atoms with Crippen LogP contribution >= 0.6 is 11.6 Å². The molecule has 4 aromatic rings. The SMILES string of the molecule is CS(=O)(=O)c1nn(Cc2nc3cc(Cl)ccc3n2C2CC(O)C2)c2cnccc12. The number of imidazole rings is 1. The van der Waals surface area contributed by atoms with Crippen molar-refractivity contribution >= 4 is 43.4 Å². The van der Waals surface area contributed by atoms with Crippen molar-refractivity contribution in [1.82, 2.24) is 24.3 Å². The van der Waals surface area contributed by atoms with Crippen LogP contribution in [-0.2, 0) is 16.4 Å². The van der Waals surface area contributed by atoms with Crippen molar-refractivity contribution < 1.29 is 13.5 Å². The number of nitrogens with zero attached hydrogens (tertiary/aromatic N) is 5. The van der Waals surface area contributed by atoms with Crippen LogP contribution in [0.25, 0.3) is 21.9 Å². The number of halogens is 1. The molecule has 0 unspecified atom stereocenters. The van der Waals surface area contributed by atoms with E-state index in [0.717, 1.165) is 23.1 Å². The molecule has 1 fully saturated rings. The summed E-state index contributed by atoms with van der Waals surface area (Å²) in [5.74, 6) is 0.729. The number of hydrogen-bond donors (Lipinski definition) is 1. The molecule has 0 saturated heterocycles. The zero-order chi connectivity index (χ0) is 20.3. The van der Waals surface area contributed by atoms with E-state index >= 15 is 0 Å². The molecule has 0 aliphatic heterocycles. The summed E-state index contributed by atoms with van der Waals surface area (Å²) >= 11 is 6.14. The minimum absolute atomic E-state index is 0.0275. The maximum atomic E-state index is 12.2. The molecule has 1 aliphatic carbocycles. The number of aliphatic hydroxyl groups is 1. The van der Waals surface area contributed by atoms with Crippen LogP contribution in [0.5, 0.6) is 0 Å². The number of hydrogen-bond acceptors (Lipinski definition) is 6. The number of aromatic nitrogens is 5. The summed E-state index contributed by atoms with van der Waals surface area (Å²) in [4.78, 5) is 8.87. The van der Waals surface area contributed by atoms with Gasteiger partial charge in [0, 0.05) is 28.9 Å². The van der Waals surface area contributed by atoms with E-state index < -0.39 is 9.84 Å². The van der Waals surface area contributed by atoms with Gasteiger partial charge in [-0.3, -0.25) is 9.67 Å². The first-order chi connectivity index (χ1) is 13.8. The summed E-state index contributed by atoms with van der Waals surface area (Å²) in [5, 5.41) is 15.3. The van der Waals surface area contributed by atoms with Gasteiger partial charge in [0.2, 0.25) is 0 Å². The highest BCUT2D eigenvalue weighted by molar-refractivity contribution is 7.90. The predicted molar refractivity (Wildman–Crippen MR) is 109 cm³/mol. The highest BCUT2D eigenvalue weighted by Crippen LogP contribution is 2.37. The van der Waals surface area contributed by atoms with Crippen LogP contribution in [0, 0.1) is 0 Å². The van der Waals surface area contributed by atoms with Crippen LogP contribution in [0.4, 0.5) is 0 Å². The van der Waals surface area contributed by atoms with Crippen molar-refractivity contribution in [3.05, 3.63) is 47.5 Å². The molecule has 5 rings (SSSR count). The third-order valence-electron chi connectivity index (χ3n) is 5.34. The molecule has 1 saturated carbocycles. The predicted octanol–water partition coefficient (Wildman–Crippen LogP) is 2.58. The van der Waals surface area contributed by atoms with Gasteiger partial charge in [0.1, 0.15) is 5.82 Å². The van der Waals surface area contributed by atoms with Gasteiger partial charge in [-0.2, -0.15) is 5.10 Å². The second kappa shape index (κ2) is 6.51. The number of benzene rings is 1. The van der Waals surface area contributed by atoms with Crippen LogP contribution in [0.15, 0.2) is 41.7 Å². The number of fused-ring (bicyclic) bond motifs is 2. The van der Waals surface area contributed by atoms with Crippen LogP contribution < -0.4 is 0 Å². The topological polar surface area (TPSA) is 103 Å². The Labute approximate surface area is 171 Å². The van der Waals surface area contributed by atoms with Crippen molar-refractivity contribution in [2.75, 3.05) is 6.26 Å². The Balaban J connectivity index is 1.67. The molecule has 0 bridgehead atoms. The normalized spacial score (nSPS) is 19.7. The molecule has 29 heavy (non-hydrogen) atoms. The van der Waals surface area contributed by atoms with Crippen LogP contribution in [-0.4, -0.2) is 50.2 Å². The maximum absolute atomic E-state index is 12.2. The Morgan fingerprint density at radius 3 is 2.76 bits per heavy atom. The third-order valence-corrected chi connectivity index (χ3v) is 6.58. The van der Waals surface area contributed by atoms with Crippen molar-refractivity contribution in [2.24, 2.45) is 0 Å². The first-order valence-corrected chi connectivity index (χ1v) is 11.4. The van der Waals surface area contributed by atoms with E-state index in [9.17, 15) is 13.5 Å². The molecule has 3 aromatic heterocycles. The van der Waals surface area contributed by atoms with E-state index in [1.807, 2.05) is 12.1 Å². The summed E-state index contributed by atoms with van der Waals surface area (Å²) in [6.45, 7) is 0.274. The lowest BCUT2D eigenvalue weighted by molar-refractivity contribution is 0.0489. The zero-order valence-electron chi connectivity index (χ0n) is 15.5. The Hall–Kier alpha value is -2.49. The smallest absolute Gasteiger partial charge is 0.195 e. The van der Waals surface area contributed by atoms with Gasteiger partial charge in [-0.1, -0.05) is 11.6 Å². The highest BCUT2D eigenvalue weighted by Gasteiger charge is 2.32. The van der Waals surface area contributed by atoms with E-state index in [4.69, 9.17) is 16.6 Å². The number of rotatable bonds is 4. The molecule has 8 nitrogen and oxygen atoms in total. The fourth-order valence-corrected chi connectivity index (χ4v) is 4.91. The summed E-state index contributed by atoms with van der Waals surface area (Å²) in [6.07, 6.45) is 5.29. The lowest BCUT2D eigenvalue weighted by Gasteiger charge is -2.34. The first kappa shape index (κ1) is 18.5. The van der Waals surface area contributed by atoms with E-state index in [-0.39, 0.29) is 23.7 Å². The van der Waals surface area contributed by atoms with Crippen LogP contribution in [0.3, 0.4) is 0 Å². The molecule has 3 heterocycles. The van der Waals surface area contributed by atoms with E-state index in [2.05, 4.69) is 14.6 Å². The second-order valence-electron chi connectivity index (χ2n) is 7.44. The fraction of sp³-hybridized carbons (Fsp3) is 0.316. The molecule has 0 spiro atoms. The Morgan fingerprint density at radius 2 is 2.03 bits per heavy atom. The maximum Gasteiger partial charge on any atom is 0.195 e. The minimum Gasteiger partial charge on any atom is -0.393 e. The number of sulfone groups is 1. The molecular weight excluding hydrogens is 414 g/mol. The van der Waals surface area contributed by atoms with Crippen molar-refractivity contribution in [3.63, 3.8) is 0 Å². The molecule has 150 valence electrons. The molecule has 1 aliphatic rings. The number of pyridine rings is 1. The third kappa shape index (κ3) is 3.09. The molecular formula is C19H18ClN5O3S. The first-order valence-electron chi connectivity index (χ1n) is 9.16. The van der Waals surface area contributed by atoms with Crippen molar-refractivity contribution in [3.8, 4) is 0 Å². The van der Waals surface area contributed by atoms with Crippen molar-refractivity contribution in [1.29, 1.82) is 0 Å². The summed E-state index contributed by atoms with van der Waals surface area (Å²) in [6, 6.07) is 7.32. The van der Waals surface area contributed by atoms with E-state index in [1.54, 1.807) is 29.2 Å². The molecule has 1 N–H and O–H groups in total. The number of aliphatic hydroxyl groups excluding tert-OH is 1. The average Bonchev–Trinajstić information content (AvgIpc) is 3.17. The van der Waals surface area contributed by atoms with Gasteiger partial charge in [-0.25, -0.2) is 13.4 Å². The highest BCUT2D eigenvalue weighted by atomic mass is 35.5. The van der Waals surface area contributed by atoms with Gasteiger partial charge >= 0.3 is 0 Å². The Kier molecular flexibility index (Phi) is 4.16. The van der Waals surface area contributed by atoms with Gasteiger partial charge in [0.15, 0.2) is 14.9 Å². The van der Waals surface area contributed by atoms with Crippen LogP contribution in [0.2, 0.25) is 5.02 Å². The van der Waals surface area contributed by atoms with E-state index in [1.165, 1.54) is 0 Å². The molecule has 0 amide bonds. The lowest BCUT2D eigenvalue weighted by atomic mass is 9.89. The Bertz CT molecular complexity index is 1360. The molecule has 0 atom stereocenters. The summed E-state index contributed by atoms with van der Waals surface area (Å²) < 4.78 is 28.1. The Morgan fingerprint density at radius 1 is 1.24 bits per heavy atom. The van der Waals surface area contributed by atoms with E-state index in [0.29, 0.717) is 28.8 Å². The molecule has 0 radical (unpaired) electrons. The largest absolute Gasteiger partial charge is 0.393 e. The standard InChI is InChI=1S/C19H18ClN5O3S/c1-29(27,28)19-14-4-5-21-9-17(14)24(23-19)10-18-22-15-6-11(20)2-3-16(15)25(18)12-7-13(26)8-12/h2-6,9,12-13,26H,7-8,10H2,1H3. The minimum atomic E-state index is -3.50. The van der Waals surface area contributed by atoms with Crippen LogP contribution in [0.1, 0.15) is 24.7 Å². The van der Waals surface area contributed by atoms with Gasteiger partial charge < -0.3 is 9.67 Å². The lowest BCUT2D eigenvalue weighted by Crippen LogP contribution is -2.32.